The predicted molar refractivity (Wildman–Crippen MR) is 133 cm³/mol. The SMILES string of the molecule is Cc1[nH]c2ccccc2c1/C=C\C=C/CC(c1ccc(N)cc1O)c1ccc(N)cc1O. The largest absolute Gasteiger partial charge is 0.508 e. The van der Waals surface area contributed by atoms with E-state index in [9.17, 15) is 10.2 Å². The molecule has 0 fully saturated rings. The van der Waals surface area contributed by atoms with Crippen LogP contribution in [-0.4, -0.2) is 15.2 Å². The summed E-state index contributed by atoms with van der Waals surface area (Å²) >= 11 is 0. The van der Waals surface area contributed by atoms with Crippen molar-refractivity contribution in [2.45, 2.75) is 19.3 Å². The summed E-state index contributed by atoms with van der Waals surface area (Å²) in [7, 11) is 0. The molecule has 3 aromatic carbocycles. The molecular weight excluding hydrogens is 398 g/mol. The highest BCUT2D eigenvalue weighted by Crippen LogP contribution is 2.39. The van der Waals surface area contributed by atoms with Crippen LogP contribution in [0, 0.1) is 6.92 Å². The van der Waals surface area contributed by atoms with Crippen LogP contribution < -0.4 is 11.5 Å². The highest BCUT2D eigenvalue weighted by molar-refractivity contribution is 5.90. The molecule has 1 heterocycles. The number of phenolic OH excluding ortho intramolecular Hbond substituents is 2. The number of nitrogens with one attached hydrogen (secondary N) is 1. The van der Waals surface area contributed by atoms with Gasteiger partial charge in [-0.15, -0.1) is 0 Å². The Balaban J connectivity index is 1.60. The van der Waals surface area contributed by atoms with Gasteiger partial charge in [-0.2, -0.15) is 0 Å². The van der Waals surface area contributed by atoms with E-state index in [1.807, 2.05) is 30.4 Å². The van der Waals surface area contributed by atoms with E-state index in [-0.39, 0.29) is 17.4 Å². The molecule has 0 aliphatic rings. The maximum Gasteiger partial charge on any atom is 0.121 e. The molecule has 7 N–H and O–H groups in total. The fraction of sp³-hybridized carbons (Fsp3) is 0.111. The first-order valence-electron chi connectivity index (χ1n) is 10.5. The number of benzene rings is 3. The summed E-state index contributed by atoms with van der Waals surface area (Å²) in [6.07, 6.45) is 8.67. The van der Waals surface area contributed by atoms with Crippen LogP contribution in [0.4, 0.5) is 11.4 Å². The standard InChI is InChI=1S/C27H27N3O2/c1-17-20(22-9-5-6-10-25(22)30-17)7-3-2-4-8-21(23-13-11-18(28)15-26(23)31)24-14-12-19(29)16-27(24)32/h2-7,9-16,21,30-32H,8,28-29H2,1H3/b4-2-,7-3-. The number of rotatable bonds is 6. The van der Waals surface area contributed by atoms with Crippen LogP contribution in [0.3, 0.4) is 0 Å². The molecule has 32 heavy (non-hydrogen) atoms. The van der Waals surface area contributed by atoms with Crippen molar-refractivity contribution in [1.29, 1.82) is 0 Å². The molecule has 5 nitrogen and oxygen atoms in total. The third kappa shape index (κ3) is 4.32. The molecule has 0 bridgehead atoms. The van der Waals surface area contributed by atoms with Gasteiger partial charge in [0, 0.05) is 62.7 Å². The summed E-state index contributed by atoms with van der Waals surface area (Å²) in [5.74, 6) is -0.0511. The van der Waals surface area contributed by atoms with Crippen LogP contribution in [0.5, 0.6) is 11.5 Å². The molecule has 162 valence electrons. The Hall–Kier alpha value is -4.12. The Kier molecular flexibility index (Phi) is 5.90. The lowest BCUT2D eigenvalue weighted by molar-refractivity contribution is 0.454. The van der Waals surface area contributed by atoms with E-state index in [2.05, 4.69) is 30.1 Å². The highest BCUT2D eigenvalue weighted by atomic mass is 16.3. The number of aromatic hydroxyl groups is 2. The Morgan fingerprint density at radius 1 is 0.875 bits per heavy atom. The molecule has 0 spiro atoms. The van der Waals surface area contributed by atoms with Crippen LogP contribution >= 0.6 is 0 Å². The number of hydrogen-bond acceptors (Lipinski definition) is 4. The number of H-pyrrole nitrogens is 1. The average molecular weight is 426 g/mol. The van der Waals surface area contributed by atoms with E-state index in [1.54, 1.807) is 24.3 Å². The Morgan fingerprint density at radius 3 is 2.12 bits per heavy atom. The lowest BCUT2D eigenvalue weighted by Crippen LogP contribution is -2.02. The van der Waals surface area contributed by atoms with Gasteiger partial charge in [0.15, 0.2) is 0 Å². The summed E-state index contributed by atoms with van der Waals surface area (Å²) in [6.45, 7) is 2.06. The van der Waals surface area contributed by atoms with Crippen molar-refractivity contribution in [3.05, 3.63) is 101 Å². The number of aromatic amines is 1. The lowest BCUT2D eigenvalue weighted by Gasteiger charge is -2.19. The third-order valence-electron chi connectivity index (χ3n) is 5.69. The first-order valence-corrected chi connectivity index (χ1v) is 10.5. The molecule has 0 saturated carbocycles. The van der Waals surface area contributed by atoms with Crippen molar-refractivity contribution in [3.63, 3.8) is 0 Å². The Bertz CT molecular complexity index is 1270. The summed E-state index contributed by atoms with van der Waals surface area (Å²) in [5, 5.41) is 22.2. The first-order chi connectivity index (χ1) is 15.4. The second kappa shape index (κ2) is 8.94. The topological polar surface area (TPSA) is 108 Å². The van der Waals surface area contributed by atoms with Crippen molar-refractivity contribution in [1.82, 2.24) is 4.98 Å². The maximum absolute atomic E-state index is 10.5. The summed E-state index contributed by atoms with van der Waals surface area (Å²) in [6, 6.07) is 18.4. The van der Waals surface area contributed by atoms with Gasteiger partial charge in [-0.3, -0.25) is 0 Å². The predicted octanol–water partition coefficient (Wildman–Crippen LogP) is 5.84. The Morgan fingerprint density at radius 2 is 1.50 bits per heavy atom. The van der Waals surface area contributed by atoms with E-state index < -0.39 is 0 Å². The molecule has 0 aliphatic heterocycles. The number of nitrogen functional groups attached to an aromatic ring is 2. The number of anilines is 2. The quantitative estimate of drug-likeness (QED) is 0.197. The van der Waals surface area contributed by atoms with Crippen LogP contribution in [0.2, 0.25) is 0 Å². The van der Waals surface area contributed by atoms with Gasteiger partial charge >= 0.3 is 0 Å². The van der Waals surface area contributed by atoms with Crippen molar-refractivity contribution in [3.8, 4) is 11.5 Å². The van der Waals surface area contributed by atoms with E-state index in [4.69, 9.17) is 11.5 Å². The number of phenols is 2. The number of fused-ring (bicyclic) bond motifs is 1. The van der Waals surface area contributed by atoms with Gasteiger partial charge in [-0.1, -0.05) is 54.6 Å². The smallest absolute Gasteiger partial charge is 0.121 e. The van der Waals surface area contributed by atoms with Crippen LogP contribution in [-0.2, 0) is 0 Å². The van der Waals surface area contributed by atoms with E-state index in [0.29, 0.717) is 28.9 Å². The molecular formula is C27H27N3O2. The van der Waals surface area contributed by atoms with Gasteiger partial charge in [0.05, 0.1) is 0 Å². The van der Waals surface area contributed by atoms with Crippen molar-refractivity contribution in [2.24, 2.45) is 0 Å². The number of aromatic nitrogens is 1. The minimum absolute atomic E-state index is 0.101. The second-order valence-corrected chi connectivity index (χ2v) is 7.92. The van der Waals surface area contributed by atoms with Crippen molar-refractivity contribution in [2.75, 3.05) is 11.5 Å². The maximum atomic E-state index is 10.5. The van der Waals surface area contributed by atoms with Crippen molar-refractivity contribution >= 4 is 28.4 Å². The molecule has 0 atom stereocenters. The molecule has 0 aliphatic carbocycles. The molecule has 4 rings (SSSR count). The molecule has 4 aromatic rings. The fourth-order valence-electron chi connectivity index (χ4n) is 4.09. The molecule has 5 heteroatoms. The minimum Gasteiger partial charge on any atom is -0.508 e. The highest BCUT2D eigenvalue weighted by Gasteiger charge is 2.20. The van der Waals surface area contributed by atoms with Gasteiger partial charge in [0.2, 0.25) is 0 Å². The molecule has 1 aromatic heterocycles. The van der Waals surface area contributed by atoms with Gasteiger partial charge in [0.25, 0.3) is 0 Å². The molecule has 0 radical (unpaired) electrons. The van der Waals surface area contributed by atoms with Gasteiger partial charge in [-0.05, 0) is 31.5 Å². The molecule has 0 saturated heterocycles. The van der Waals surface area contributed by atoms with Crippen molar-refractivity contribution < 1.29 is 10.2 Å². The van der Waals surface area contributed by atoms with E-state index in [1.165, 1.54) is 17.5 Å². The Labute approximate surface area is 187 Å². The lowest BCUT2D eigenvalue weighted by atomic mass is 9.87. The van der Waals surface area contributed by atoms with Gasteiger partial charge in [0.1, 0.15) is 11.5 Å². The first kappa shape index (κ1) is 21.1. The monoisotopic (exact) mass is 425 g/mol. The van der Waals surface area contributed by atoms with Gasteiger partial charge < -0.3 is 26.7 Å². The number of nitrogens with two attached hydrogens (primary N) is 2. The number of aryl methyl sites for hydroxylation is 1. The molecule has 0 unspecified atom stereocenters. The van der Waals surface area contributed by atoms with Crippen LogP contribution in [0.1, 0.15) is 34.7 Å². The number of para-hydroxylation sites is 1. The summed E-state index contributed by atoms with van der Waals surface area (Å²) in [5.41, 5.74) is 17.4. The number of allylic oxidation sites excluding steroid dienone is 3. The normalized spacial score (nSPS) is 11.9. The van der Waals surface area contributed by atoms with E-state index in [0.717, 1.165) is 16.8 Å². The fourth-order valence-corrected chi connectivity index (χ4v) is 4.09. The zero-order valence-electron chi connectivity index (χ0n) is 17.9. The second-order valence-electron chi connectivity index (χ2n) is 7.92. The summed E-state index contributed by atoms with van der Waals surface area (Å²) < 4.78 is 0. The van der Waals surface area contributed by atoms with Crippen LogP contribution in [0.15, 0.2) is 78.9 Å². The zero-order chi connectivity index (χ0) is 22.7. The minimum atomic E-state index is -0.254. The van der Waals surface area contributed by atoms with E-state index >= 15 is 0 Å². The third-order valence-corrected chi connectivity index (χ3v) is 5.69. The van der Waals surface area contributed by atoms with Crippen LogP contribution in [0.25, 0.3) is 17.0 Å². The zero-order valence-corrected chi connectivity index (χ0v) is 17.9. The molecule has 0 amide bonds. The average Bonchev–Trinajstić information content (AvgIpc) is 3.07. The number of hydrogen-bond donors (Lipinski definition) is 5. The summed E-state index contributed by atoms with van der Waals surface area (Å²) in [4.78, 5) is 3.40. The van der Waals surface area contributed by atoms with Gasteiger partial charge in [-0.25, -0.2) is 0 Å².